The minimum atomic E-state index is 0.679. The molecule has 2 aliphatic rings. The third-order valence-electron chi connectivity index (χ3n) is 4.06. The first kappa shape index (κ1) is 12.7. The lowest BCUT2D eigenvalue weighted by atomic mass is 9.99. The quantitative estimate of drug-likeness (QED) is 0.900. The van der Waals surface area contributed by atoms with E-state index in [1.165, 1.54) is 25.7 Å². The Kier molecular flexibility index (Phi) is 4.18. The summed E-state index contributed by atoms with van der Waals surface area (Å²) in [5, 5.41) is 3.38. The maximum absolute atomic E-state index is 5.88. The minimum absolute atomic E-state index is 0.679. The molecular formula is C15H23N3O. The van der Waals surface area contributed by atoms with Crippen molar-refractivity contribution < 1.29 is 4.74 Å². The van der Waals surface area contributed by atoms with Gasteiger partial charge >= 0.3 is 0 Å². The van der Waals surface area contributed by atoms with Gasteiger partial charge in [0.1, 0.15) is 5.82 Å². The fraction of sp³-hybridized carbons (Fsp3) is 0.667. The smallest absolute Gasteiger partial charge is 0.215 e. The zero-order chi connectivity index (χ0) is 12.9. The van der Waals surface area contributed by atoms with Gasteiger partial charge in [0.25, 0.3) is 0 Å². The highest BCUT2D eigenvalue weighted by Gasteiger charge is 2.16. The number of pyridine rings is 1. The molecule has 0 aliphatic carbocycles. The van der Waals surface area contributed by atoms with Crippen LogP contribution in [0, 0.1) is 5.92 Å². The molecular weight excluding hydrogens is 238 g/mol. The Labute approximate surface area is 115 Å². The fourth-order valence-corrected chi connectivity index (χ4v) is 2.86. The first-order valence-electron chi connectivity index (χ1n) is 7.47. The van der Waals surface area contributed by atoms with E-state index < -0.39 is 0 Å². The number of hydrogen-bond donors (Lipinski definition) is 1. The third-order valence-corrected chi connectivity index (χ3v) is 4.06. The molecule has 3 rings (SSSR count). The molecule has 0 radical (unpaired) electrons. The summed E-state index contributed by atoms with van der Waals surface area (Å²) < 4.78 is 5.88. The van der Waals surface area contributed by atoms with E-state index in [0.29, 0.717) is 5.92 Å². The van der Waals surface area contributed by atoms with E-state index >= 15 is 0 Å². The molecule has 0 spiro atoms. The van der Waals surface area contributed by atoms with Gasteiger partial charge in [-0.25, -0.2) is 0 Å². The average Bonchev–Trinajstić information content (AvgIpc) is 3.01. The van der Waals surface area contributed by atoms with Crippen molar-refractivity contribution in [2.45, 2.75) is 25.7 Å². The van der Waals surface area contributed by atoms with Gasteiger partial charge in [0.2, 0.25) is 5.88 Å². The van der Waals surface area contributed by atoms with Gasteiger partial charge in [0.15, 0.2) is 0 Å². The zero-order valence-electron chi connectivity index (χ0n) is 11.5. The number of nitrogens with zero attached hydrogens (tertiary/aromatic N) is 2. The summed E-state index contributed by atoms with van der Waals surface area (Å²) in [6, 6.07) is 6.11. The normalized spacial score (nSPS) is 20.7. The number of aromatic nitrogens is 1. The lowest BCUT2D eigenvalue weighted by molar-refractivity contribution is 0.209. The van der Waals surface area contributed by atoms with Crippen LogP contribution < -0.4 is 15.0 Å². The van der Waals surface area contributed by atoms with Crippen LogP contribution in [0.1, 0.15) is 25.7 Å². The largest absolute Gasteiger partial charge is 0.477 e. The van der Waals surface area contributed by atoms with Crippen molar-refractivity contribution >= 4 is 5.82 Å². The molecule has 0 atom stereocenters. The summed E-state index contributed by atoms with van der Waals surface area (Å²) in [6.45, 7) is 5.30. The summed E-state index contributed by atoms with van der Waals surface area (Å²) >= 11 is 0. The number of anilines is 1. The van der Waals surface area contributed by atoms with Gasteiger partial charge in [-0.1, -0.05) is 6.07 Å². The van der Waals surface area contributed by atoms with Crippen LogP contribution in [0.2, 0.25) is 0 Å². The molecule has 19 heavy (non-hydrogen) atoms. The Morgan fingerprint density at radius 2 is 2.00 bits per heavy atom. The van der Waals surface area contributed by atoms with E-state index in [1.54, 1.807) is 0 Å². The number of nitrogens with one attached hydrogen (secondary N) is 1. The van der Waals surface area contributed by atoms with Crippen molar-refractivity contribution in [1.82, 2.24) is 10.3 Å². The molecule has 1 aromatic rings. The summed E-state index contributed by atoms with van der Waals surface area (Å²) in [4.78, 5) is 6.97. The Balaban J connectivity index is 1.56. The van der Waals surface area contributed by atoms with Crippen molar-refractivity contribution in [2.75, 3.05) is 37.7 Å². The zero-order valence-corrected chi connectivity index (χ0v) is 11.5. The monoisotopic (exact) mass is 261 g/mol. The van der Waals surface area contributed by atoms with Gasteiger partial charge in [-0.3, -0.25) is 0 Å². The highest BCUT2D eigenvalue weighted by atomic mass is 16.5. The molecule has 0 aromatic carbocycles. The topological polar surface area (TPSA) is 37.4 Å². The predicted molar refractivity (Wildman–Crippen MR) is 76.8 cm³/mol. The van der Waals surface area contributed by atoms with Crippen LogP contribution in [-0.2, 0) is 0 Å². The van der Waals surface area contributed by atoms with Gasteiger partial charge in [0, 0.05) is 19.2 Å². The molecule has 1 N–H and O–H groups in total. The Morgan fingerprint density at radius 3 is 2.79 bits per heavy atom. The van der Waals surface area contributed by atoms with Crippen LogP contribution in [-0.4, -0.2) is 37.8 Å². The fourth-order valence-electron chi connectivity index (χ4n) is 2.86. The van der Waals surface area contributed by atoms with E-state index in [-0.39, 0.29) is 0 Å². The Morgan fingerprint density at radius 1 is 1.21 bits per heavy atom. The molecule has 3 heterocycles. The number of hydrogen-bond acceptors (Lipinski definition) is 4. The van der Waals surface area contributed by atoms with E-state index in [0.717, 1.165) is 44.5 Å². The third kappa shape index (κ3) is 3.38. The number of ether oxygens (including phenoxy) is 1. The highest BCUT2D eigenvalue weighted by molar-refractivity contribution is 5.41. The lowest BCUT2D eigenvalue weighted by Crippen LogP contribution is -2.30. The summed E-state index contributed by atoms with van der Waals surface area (Å²) in [5.41, 5.74) is 0. The average molecular weight is 261 g/mol. The molecule has 2 fully saturated rings. The highest BCUT2D eigenvalue weighted by Crippen LogP contribution is 2.21. The summed E-state index contributed by atoms with van der Waals surface area (Å²) in [6.07, 6.45) is 4.99. The maximum atomic E-state index is 5.88. The molecule has 104 valence electrons. The van der Waals surface area contributed by atoms with Crippen molar-refractivity contribution in [1.29, 1.82) is 0 Å². The summed E-state index contributed by atoms with van der Waals surface area (Å²) in [7, 11) is 0. The molecule has 0 amide bonds. The summed E-state index contributed by atoms with van der Waals surface area (Å²) in [5.74, 6) is 2.53. The van der Waals surface area contributed by atoms with Crippen LogP contribution in [0.15, 0.2) is 18.2 Å². The number of piperidine rings is 1. The van der Waals surface area contributed by atoms with E-state index in [2.05, 4.69) is 27.3 Å². The maximum Gasteiger partial charge on any atom is 0.215 e. The van der Waals surface area contributed by atoms with Gasteiger partial charge in [-0.15, -0.1) is 0 Å². The van der Waals surface area contributed by atoms with Crippen LogP contribution in [0.5, 0.6) is 5.88 Å². The van der Waals surface area contributed by atoms with Crippen molar-refractivity contribution in [3.8, 4) is 5.88 Å². The van der Waals surface area contributed by atoms with Gasteiger partial charge < -0.3 is 15.0 Å². The van der Waals surface area contributed by atoms with Gasteiger partial charge in [-0.05, 0) is 50.8 Å². The first-order chi connectivity index (χ1) is 9.42. The van der Waals surface area contributed by atoms with Crippen LogP contribution >= 0.6 is 0 Å². The molecule has 0 unspecified atom stereocenters. The van der Waals surface area contributed by atoms with E-state index in [4.69, 9.17) is 4.74 Å². The molecule has 1 aromatic heterocycles. The van der Waals surface area contributed by atoms with Crippen LogP contribution in [0.4, 0.5) is 5.82 Å². The SMILES string of the molecule is c1cc(OCC2CCNCC2)nc(N2CCCC2)c1. The predicted octanol–water partition coefficient (Wildman–Crippen LogP) is 2.06. The molecule has 2 aliphatic heterocycles. The van der Waals surface area contributed by atoms with Crippen molar-refractivity contribution in [3.63, 3.8) is 0 Å². The first-order valence-corrected chi connectivity index (χ1v) is 7.47. The molecule has 0 bridgehead atoms. The molecule has 0 saturated carbocycles. The van der Waals surface area contributed by atoms with Crippen LogP contribution in [0.3, 0.4) is 0 Å². The Bertz CT molecular complexity index is 398. The minimum Gasteiger partial charge on any atom is -0.477 e. The standard InChI is InChI=1S/C15H23N3O/c1-2-11-18(10-1)14-4-3-5-15(17-14)19-12-13-6-8-16-9-7-13/h3-5,13,16H,1-2,6-12H2. The molecule has 4 heteroatoms. The Hall–Kier alpha value is -1.29. The van der Waals surface area contributed by atoms with Crippen molar-refractivity contribution in [3.05, 3.63) is 18.2 Å². The second-order valence-corrected chi connectivity index (χ2v) is 5.53. The van der Waals surface area contributed by atoms with E-state index in [1.807, 2.05) is 6.07 Å². The van der Waals surface area contributed by atoms with Gasteiger partial charge in [-0.2, -0.15) is 4.98 Å². The van der Waals surface area contributed by atoms with E-state index in [9.17, 15) is 0 Å². The molecule has 4 nitrogen and oxygen atoms in total. The van der Waals surface area contributed by atoms with Gasteiger partial charge in [0.05, 0.1) is 6.61 Å². The molecule has 2 saturated heterocycles. The second kappa shape index (κ2) is 6.24. The van der Waals surface area contributed by atoms with Crippen LogP contribution in [0.25, 0.3) is 0 Å². The number of rotatable bonds is 4. The second-order valence-electron chi connectivity index (χ2n) is 5.53. The lowest BCUT2D eigenvalue weighted by Gasteiger charge is -2.23. The van der Waals surface area contributed by atoms with Crippen molar-refractivity contribution in [2.24, 2.45) is 5.92 Å².